The molecule has 1 aliphatic rings. The maximum atomic E-state index is 15.7. The summed E-state index contributed by atoms with van der Waals surface area (Å²) in [5, 5.41) is 4.19. The van der Waals surface area contributed by atoms with E-state index in [9.17, 15) is 14.4 Å². The molecule has 2 atom stereocenters. The van der Waals surface area contributed by atoms with Gasteiger partial charge >= 0.3 is 11.9 Å². The number of likely N-dealkylation sites (tertiary alicyclic amines) is 1. The van der Waals surface area contributed by atoms with Gasteiger partial charge in [-0.3, -0.25) is 14.5 Å². The van der Waals surface area contributed by atoms with Crippen LogP contribution >= 0.6 is 34.7 Å². The first-order valence-electron chi connectivity index (χ1n) is 9.95. The largest absolute Gasteiger partial charge is 0.459 e. The third-order valence-electron chi connectivity index (χ3n) is 5.20. The number of carbonyl (C=O) groups is 3. The Hall–Kier alpha value is -2.63. The van der Waals surface area contributed by atoms with Gasteiger partial charge in [-0.05, 0) is 30.2 Å². The molecule has 0 saturated carbocycles. The van der Waals surface area contributed by atoms with Crippen LogP contribution in [0.15, 0.2) is 40.0 Å². The number of urea groups is 1. The number of thioether (sulfide) groups is 1. The van der Waals surface area contributed by atoms with Crippen LogP contribution in [0.2, 0.25) is 4.34 Å². The number of imide groups is 1. The van der Waals surface area contributed by atoms with Crippen molar-refractivity contribution in [2.24, 2.45) is 5.92 Å². The molecule has 12 heteroatoms. The summed E-state index contributed by atoms with van der Waals surface area (Å²) in [6.45, 7) is 1.88. The summed E-state index contributed by atoms with van der Waals surface area (Å²) in [5.74, 6) is -2.99. The lowest BCUT2D eigenvalue weighted by molar-refractivity contribution is -0.127. The molecule has 0 aromatic carbocycles. The van der Waals surface area contributed by atoms with E-state index in [0.717, 1.165) is 26.2 Å². The fourth-order valence-electron chi connectivity index (χ4n) is 3.63. The molecule has 3 aromatic heterocycles. The zero-order chi connectivity index (χ0) is 23.9. The van der Waals surface area contributed by atoms with Crippen molar-refractivity contribution in [1.29, 1.82) is 0 Å². The van der Waals surface area contributed by atoms with Gasteiger partial charge in [-0.1, -0.05) is 30.3 Å². The van der Waals surface area contributed by atoms with Crippen molar-refractivity contribution in [2.75, 3.05) is 20.6 Å². The van der Waals surface area contributed by atoms with Crippen LogP contribution in [0.25, 0.3) is 0 Å². The van der Waals surface area contributed by atoms with Gasteiger partial charge in [0.25, 0.3) is 0 Å². The van der Waals surface area contributed by atoms with Crippen molar-refractivity contribution >= 4 is 52.5 Å². The summed E-state index contributed by atoms with van der Waals surface area (Å²) >= 11 is 8.41. The van der Waals surface area contributed by atoms with Crippen molar-refractivity contribution < 1.29 is 23.2 Å². The quantitative estimate of drug-likeness (QED) is 0.468. The molecule has 4 rings (SSSR count). The van der Waals surface area contributed by atoms with Crippen LogP contribution in [0.5, 0.6) is 0 Å². The number of rotatable bonds is 5. The van der Waals surface area contributed by atoms with Crippen molar-refractivity contribution in [2.45, 2.75) is 23.6 Å². The van der Waals surface area contributed by atoms with Crippen molar-refractivity contribution in [3.8, 4) is 0 Å². The number of nitrogens with zero attached hydrogens (tertiary/aromatic N) is 4. The van der Waals surface area contributed by atoms with Crippen LogP contribution in [-0.2, 0) is 10.5 Å². The maximum absolute atomic E-state index is 15.7. The van der Waals surface area contributed by atoms with E-state index in [-0.39, 0.29) is 28.9 Å². The Balaban J connectivity index is 1.72. The fraction of sp³-hybridized carbons (Fsp3) is 0.333. The van der Waals surface area contributed by atoms with Gasteiger partial charge in [0, 0.05) is 31.3 Å². The normalized spacial score (nSPS) is 18.2. The van der Waals surface area contributed by atoms with E-state index in [1.807, 2.05) is 6.07 Å². The minimum atomic E-state index is -0.991. The van der Waals surface area contributed by atoms with E-state index in [1.54, 1.807) is 19.1 Å². The highest BCUT2D eigenvalue weighted by Crippen LogP contribution is 2.39. The summed E-state index contributed by atoms with van der Waals surface area (Å²) < 4.78 is 22.4. The van der Waals surface area contributed by atoms with Gasteiger partial charge in [0.15, 0.2) is 11.6 Å². The average Bonchev–Trinajstić information content (AvgIpc) is 3.55. The number of thiophene rings is 1. The molecular formula is C21H20ClFN4O4S2. The molecule has 1 saturated heterocycles. The minimum absolute atomic E-state index is 0.0136. The van der Waals surface area contributed by atoms with E-state index in [4.69, 9.17) is 16.0 Å². The van der Waals surface area contributed by atoms with E-state index in [0.29, 0.717) is 10.1 Å². The van der Waals surface area contributed by atoms with Gasteiger partial charge in [0.2, 0.25) is 5.91 Å². The SMILES string of the molecule is CC1CN(C(=O)N(C)C)C(=O)C1c1nn(C(=O)c2ccco2)c(SCc2ccc(Cl)s2)c1F. The molecule has 3 amide bonds. The lowest BCUT2D eigenvalue weighted by Gasteiger charge is -2.19. The summed E-state index contributed by atoms with van der Waals surface area (Å²) in [6, 6.07) is 6.08. The third-order valence-corrected chi connectivity index (χ3v) is 7.69. The summed E-state index contributed by atoms with van der Waals surface area (Å²) in [4.78, 5) is 41.7. The van der Waals surface area contributed by atoms with E-state index >= 15 is 4.39 Å². The summed E-state index contributed by atoms with van der Waals surface area (Å²) in [6.07, 6.45) is 1.34. The molecule has 2 unspecified atom stereocenters. The fourth-order valence-corrected chi connectivity index (χ4v) is 5.78. The maximum Gasteiger partial charge on any atom is 0.326 e. The van der Waals surface area contributed by atoms with E-state index < -0.39 is 29.6 Å². The lowest BCUT2D eigenvalue weighted by atomic mass is 9.94. The molecule has 0 radical (unpaired) electrons. The van der Waals surface area contributed by atoms with E-state index in [1.165, 1.54) is 42.7 Å². The van der Waals surface area contributed by atoms with E-state index in [2.05, 4.69) is 5.10 Å². The second-order valence-corrected chi connectivity index (χ2v) is 10.5. The van der Waals surface area contributed by atoms with Gasteiger partial charge in [-0.25, -0.2) is 9.18 Å². The molecule has 0 aliphatic carbocycles. The summed E-state index contributed by atoms with van der Waals surface area (Å²) in [7, 11) is 3.08. The number of carbonyl (C=O) groups excluding carboxylic acids is 3. The standard InChI is InChI=1S/C21H20ClFN4O4S2/c1-11-9-26(21(30)25(2)3)19(29)15(11)17-16(23)20(32-10-12-6-7-14(22)33-12)27(24-17)18(28)13-5-4-8-31-13/h4-8,11,15H,9-10H2,1-3H3. The minimum Gasteiger partial charge on any atom is -0.459 e. The van der Waals surface area contributed by atoms with Crippen LogP contribution < -0.4 is 0 Å². The van der Waals surface area contributed by atoms with Crippen LogP contribution in [0.1, 0.15) is 34.0 Å². The highest BCUT2D eigenvalue weighted by molar-refractivity contribution is 7.98. The summed E-state index contributed by atoms with van der Waals surface area (Å²) in [5.41, 5.74) is -0.159. The Kier molecular flexibility index (Phi) is 6.64. The second-order valence-electron chi connectivity index (χ2n) is 7.77. The predicted molar refractivity (Wildman–Crippen MR) is 122 cm³/mol. The van der Waals surface area contributed by atoms with Crippen LogP contribution in [-0.4, -0.2) is 58.1 Å². The number of halogens is 2. The van der Waals surface area contributed by atoms with Gasteiger partial charge in [-0.15, -0.1) is 11.3 Å². The average molecular weight is 511 g/mol. The first kappa shape index (κ1) is 23.5. The second kappa shape index (κ2) is 9.32. The van der Waals surface area contributed by atoms with Crippen molar-refractivity contribution in [3.63, 3.8) is 0 Å². The van der Waals surface area contributed by atoms with Gasteiger partial charge < -0.3 is 9.32 Å². The number of furan rings is 1. The molecule has 8 nitrogen and oxygen atoms in total. The molecule has 0 spiro atoms. The zero-order valence-electron chi connectivity index (χ0n) is 17.9. The first-order chi connectivity index (χ1) is 15.7. The molecule has 33 heavy (non-hydrogen) atoms. The monoisotopic (exact) mass is 510 g/mol. The lowest BCUT2D eigenvalue weighted by Crippen LogP contribution is -2.40. The topological polar surface area (TPSA) is 88.7 Å². The molecule has 0 N–H and O–H groups in total. The Morgan fingerprint density at radius 1 is 1.36 bits per heavy atom. The molecule has 3 aromatic rings. The number of amides is 3. The Morgan fingerprint density at radius 3 is 2.73 bits per heavy atom. The number of aromatic nitrogens is 2. The first-order valence-corrected chi connectivity index (χ1v) is 12.1. The highest BCUT2D eigenvalue weighted by Gasteiger charge is 2.46. The van der Waals surface area contributed by atoms with Crippen molar-refractivity contribution in [1.82, 2.24) is 19.6 Å². The molecule has 174 valence electrons. The van der Waals surface area contributed by atoms with Crippen molar-refractivity contribution in [3.05, 3.63) is 57.0 Å². The van der Waals surface area contributed by atoms with Gasteiger partial charge in [-0.2, -0.15) is 9.78 Å². The molecule has 0 bridgehead atoms. The Morgan fingerprint density at radius 2 is 2.12 bits per heavy atom. The number of hydrogen-bond donors (Lipinski definition) is 0. The number of hydrogen-bond acceptors (Lipinski definition) is 7. The molecule has 1 fully saturated rings. The predicted octanol–water partition coefficient (Wildman–Crippen LogP) is 4.55. The van der Waals surface area contributed by atoms with Gasteiger partial charge in [0.05, 0.1) is 16.5 Å². The third kappa shape index (κ3) is 4.44. The van der Waals surface area contributed by atoms with Crippen LogP contribution in [0, 0.1) is 11.7 Å². The molecular weight excluding hydrogens is 491 g/mol. The van der Waals surface area contributed by atoms with Crippen LogP contribution in [0.3, 0.4) is 0 Å². The Bertz CT molecular complexity index is 1210. The smallest absolute Gasteiger partial charge is 0.326 e. The van der Waals surface area contributed by atoms with Gasteiger partial charge in [0.1, 0.15) is 10.7 Å². The highest BCUT2D eigenvalue weighted by atomic mass is 35.5. The zero-order valence-corrected chi connectivity index (χ0v) is 20.3. The molecule has 4 heterocycles. The molecule has 1 aliphatic heterocycles. The Labute approximate surface area is 202 Å². The van der Waals surface area contributed by atoms with Crippen LogP contribution in [0.4, 0.5) is 9.18 Å².